The summed E-state index contributed by atoms with van der Waals surface area (Å²) >= 11 is 0. The van der Waals surface area contributed by atoms with Gasteiger partial charge in [0.25, 0.3) is 5.82 Å². The van der Waals surface area contributed by atoms with E-state index in [0.717, 1.165) is 0 Å². The lowest BCUT2D eigenvalue weighted by Crippen LogP contribution is -2.41. The van der Waals surface area contributed by atoms with E-state index in [-0.39, 0.29) is 0 Å². The number of imidazole rings is 1. The number of nitrogens with zero attached hydrogens (tertiary/aromatic N) is 1. The molecule has 0 saturated carbocycles. The molecule has 1 rings (SSSR count). The summed E-state index contributed by atoms with van der Waals surface area (Å²) in [5, 5.41) is 0. The van der Waals surface area contributed by atoms with Gasteiger partial charge < -0.3 is 0 Å². The van der Waals surface area contributed by atoms with Crippen LogP contribution in [0.2, 0.25) is 0 Å². The second-order valence-electron chi connectivity index (χ2n) is 14.4. The van der Waals surface area contributed by atoms with Crippen LogP contribution >= 0.6 is 0 Å². The second kappa shape index (κ2) is 31.2. The van der Waals surface area contributed by atoms with Gasteiger partial charge in [-0.25, -0.2) is 9.55 Å². The number of aromatic nitrogens is 2. The monoisotopic (exact) mass is 602 g/mol. The van der Waals surface area contributed by atoms with Crippen LogP contribution in [0.15, 0.2) is 12.4 Å². The van der Waals surface area contributed by atoms with Gasteiger partial charge in [0.2, 0.25) is 0 Å². The van der Waals surface area contributed by atoms with Gasteiger partial charge in [0, 0.05) is 0 Å². The number of nitrogens with one attached hydrogen (secondary N) is 1. The highest BCUT2D eigenvalue weighted by Gasteiger charge is 2.25. The molecule has 1 aromatic rings. The summed E-state index contributed by atoms with van der Waals surface area (Å²) in [6.45, 7) is 9.40. The summed E-state index contributed by atoms with van der Waals surface area (Å²) in [6, 6.07) is 0.620. The van der Waals surface area contributed by atoms with Gasteiger partial charge in [0.1, 0.15) is 12.4 Å². The van der Waals surface area contributed by atoms with Crippen molar-refractivity contribution in [3.63, 3.8) is 0 Å². The Labute approximate surface area is 272 Å². The van der Waals surface area contributed by atoms with E-state index in [1.165, 1.54) is 211 Å². The maximum absolute atomic E-state index is 3.74. The van der Waals surface area contributed by atoms with E-state index in [1.54, 1.807) is 0 Å². The van der Waals surface area contributed by atoms with Crippen LogP contribution in [-0.2, 0) is 0 Å². The average Bonchev–Trinajstić information content (AvgIpc) is 3.51. The van der Waals surface area contributed by atoms with Gasteiger partial charge in [-0.1, -0.05) is 201 Å². The quantitative estimate of drug-likeness (QED) is 0.0599. The van der Waals surface area contributed by atoms with Gasteiger partial charge in [0.15, 0.2) is 0 Å². The third-order valence-electron chi connectivity index (χ3n) is 10.1. The first-order valence-corrected chi connectivity index (χ1v) is 20.3. The molecule has 2 atom stereocenters. The summed E-state index contributed by atoms with van der Waals surface area (Å²) in [5.74, 6) is 2.24. The molecule has 0 aliphatic rings. The topological polar surface area (TPSA) is 19.7 Å². The zero-order valence-electron chi connectivity index (χ0n) is 30.4. The molecule has 2 nitrogen and oxygen atoms in total. The maximum Gasteiger partial charge on any atom is 0.257 e. The van der Waals surface area contributed by atoms with E-state index < -0.39 is 0 Å². The molecule has 0 fully saturated rings. The first kappa shape index (κ1) is 40.2. The molecule has 2 heteroatoms. The number of H-pyrrole nitrogens is 1. The molecule has 0 aliphatic heterocycles. The fourth-order valence-corrected chi connectivity index (χ4v) is 7.13. The molecule has 1 heterocycles. The number of hydrogen-bond donors (Lipinski definition) is 1. The van der Waals surface area contributed by atoms with Crippen molar-refractivity contribution in [2.75, 3.05) is 0 Å². The van der Waals surface area contributed by atoms with Gasteiger partial charge in [-0.05, 0) is 32.6 Å². The zero-order chi connectivity index (χ0) is 31.1. The van der Waals surface area contributed by atoms with Crippen molar-refractivity contribution >= 4 is 0 Å². The fourth-order valence-electron chi connectivity index (χ4n) is 7.13. The van der Waals surface area contributed by atoms with Gasteiger partial charge in [-0.3, -0.25) is 0 Å². The van der Waals surface area contributed by atoms with E-state index in [2.05, 4.69) is 49.6 Å². The lowest BCUT2D eigenvalue weighted by molar-refractivity contribution is -0.727. The van der Waals surface area contributed by atoms with E-state index in [0.29, 0.717) is 12.0 Å². The Morgan fingerprint density at radius 3 is 1.12 bits per heavy atom. The third-order valence-corrected chi connectivity index (χ3v) is 10.1. The molecule has 0 saturated heterocycles. The fraction of sp³-hybridized carbons (Fsp3) is 0.927. The minimum atomic E-state index is 0.620. The molecular formula is C41H81N2+. The number of aromatic amines is 1. The van der Waals surface area contributed by atoms with Crippen molar-refractivity contribution in [2.45, 2.75) is 245 Å². The molecule has 254 valence electrons. The Morgan fingerprint density at radius 1 is 0.442 bits per heavy atom. The van der Waals surface area contributed by atoms with Crippen molar-refractivity contribution in [2.24, 2.45) is 0 Å². The van der Waals surface area contributed by atoms with Gasteiger partial charge in [-0.15, -0.1) is 0 Å². The van der Waals surface area contributed by atoms with Gasteiger partial charge in [0.05, 0.1) is 12.0 Å². The van der Waals surface area contributed by atoms with E-state index in [9.17, 15) is 0 Å². The van der Waals surface area contributed by atoms with E-state index >= 15 is 0 Å². The number of rotatable bonds is 34. The number of unbranched alkanes of at least 4 members (excludes halogenated alkanes) is 26. The molecule has 0 radical (unpaired) electrons. The summed E-state index contributed by atoms with van der Waals surface area (Å²) < 4.78 is 2.62. The number of hydrogen-bond acceptors (Lipinski definition) is 0. The van der Waals surface area contributed by atoms with Crippen LogP contribution in [0.4, 0.5) is 0 Å². The smallest absolute Gasteiger partial charge is 0.247 e. The predicted molar refractivity (Wildman–Crippen MR) is 193 cm³/mol. The summed E-state index contributed by atoms with van der Waals surface area (Å²) in [4.78, 5) is 3.74. The Hall–Kier alpha value is -0.790. The van der Waals surface area contributed by atoms with Crippen LogP contribution in [0.5, 0.6) is 0 Å². The highest BCUT2D eigenvalue weighted by Crippen LogP contribution is 2.27. The lowest BCUT2D eigenvalue weighted by Gasteiger charge is -2.17. The molecule has 2 unspecified atom stereocenters. The van der Waals surface area contributed by atoms with Crippen LogP contribution in [0, 0.1) is 0 Å². The molecule has 43 heavy (non-hydrogen) atoms. The minimum Gasteiger partial charge on any atom is -0.247 e. The van der Waals surface area contributed by atoms with Crippen LogP contribution in [0.25, 0.3) is 0 Å². The van der Waals surface area contributed by atoms with E-state index in [4.69, 9.17) is 0 Å². The summed E-state index contributed by atoms with van der Waals surface area (Å²) in [7, 11) is 0. The molecule has 1 aromatic heterocycles. The van der Waals surface area contributed by atoms with Crippen molar-refractivity contribution in [1.29, 1.82) is 0 Å². The third kappa shape index (κ3) is 23.2. The Bertz CT molecular complexity index is 664. The Morgan fingerprint density at radius 2 is 0.744 bits per heavy atom. The second-order valence-corrected chi connectivity index (χ2v) is 14.4. The first-order valence-electron chi connectivity index (χ1n) is 20.3. The minimum absolute atomic E-state index is 0.620. The summed E-state index contributed by atoms with van der Waals surface area (Å²) in [5.41, 5.74) is 0. The predicted octanol–water partition coefficient (Wildman–Crippen LogP) is 14.5. The van der Waals surface area contributed by atoms with Gasteiger partial charge in [-0.2, -0.15) is 0 Å². The van der Waals surface area contributed by atoms with Crippen LogP contribution in [0.1, 0.15) is 251 Å². The maximum atomic E-state index is 3.74. The summed E-state index contributed by atoms with van der Waals surface area (Å²) in [6.07, 6.45) is 50.2. The zero-order valence-corrected chi connectivity index (χ0v) is 30.4. The van der Waals surface area contributed by atoms with Gasteiger partial charge >= 0.3 is 0 Å². The van der Waals surface area contributed by atoms with Crippen LogP contribution in [0.3, 0.4) is 0 Å². The van der Waals surface area contributed by atoms with Crippen LogP contribution in [-0.4, -0.2) is 4.98 Å². The molecular weight excluding hydrogens is 520 g/mol. The normalized spacial score (nSPS) is 13.1. The van der Waals surface area contributed by atoms with Crippen molar-refractivity contribution in [3.8, 4) is 0 Å². The Balaban J connectivity index is 2.34. The van der Waals surface area contributed by atoms with Crippen molar-refractivity contribution < 1.29 is 4.57 Å². The molecule has 0 bridgehead atoms. The van der Waals surface area contributed by atoms with Crippen molar-refractivity contribution in [3.05, 3.63) is 18.2 Å². The highest BCUT2D eigenvalue weighted by molar-refractivity contribution is 4.90. The molecule has 1 N–H and O–H groups in total. The van der Waals surface area contributed by atoms with E-state index in [1.807, 2.05) is 0 Å². The van der Waals surface area contributed by atoms with Crippen molar-refractivity contribution in [1.82, 2.24) is 4.98 Å². The largest absolute Gasteiger partial charge is 0.257 e. The average molecular weight is 602 g/mol. The van der Waals surface area contributed by atoms with Crippen LogP contribution < -0.4 is 4.57 Å². The standard InChI is InChI=1S/C41H80N2/c1-5-8-11-14-16-18-20-21-22-24-26-28-30-33-36-40(35-32-29-27-25-23-19-17-15-12-9-6-2)41-42-37-38-43(41)39(4)34-31-13-10-7-3/h37-40H,5-36H2,1-4H3/p+1. The molecule has 0 amide bonds. The SMILES string of the molecule is CCCCCCCCCCCCCCCCC(CCCCCCCCCCCCC)c1[nH]cc[n+]1C(C)CCCCCC. The highest BCUT2D eigenvalue weighted by atomic mass is 15.1. The molecule has 0 aromatic carbocycles. The Kier molecular flexibility index (Phi) is 29.2. The lowest BCUT2D eigenvalue weighted by atomic mass is 9.92. The first-order chi connectivity index (χ1) is 21.2. The molecule has 0 spiro atoms. The molecule has 0 aliphatic carbocycles.